The number of aliphatic carboxylic acids is 1. The number of aromatic nitrogens is 1. The highest BCUT2D eigenvalue weighted by molar-refractivity contribution is 7.09. The Morgan fingerprint density at radius 3 is 2.95 bits per heavy atom. The number of hydrogen-bond acceptors (Lipinski definition) is 4. The molecule has 19 heavy (non-hydrogen) atoms. The normalized spacial score (nSPS) is 23.2. The summed E-state index contributed by atoms with van der Waals surface area (Å²) in [7, 11) is 0. The fourth-order valence-corrected chi connectivity index (χ4v) is 3.44. The van der Waals surface area contributed by atoms with Gasteiger partial charge in [0, 0.05) is 23.7 Å². The predicted molar refractivity (Wildman–Crippen MR) is 76.2 cm³/mol. The molecule has 4 nitrogen and oxygen atoms in total. The molecule has 0 amide bonds. The summed E-state index contributed by atoms with van der Waals surface area (Å²) in [5.74, 6) is -0.473. The number of likely N-dealkylation sites (tertiary alicyclic amines) is 1. The van der Waals surface area contributed by atoms with E-state index in [9.17, 15) is 9.90 Å². The van der Waals surface area contributed by atoms with E-state index in [1.54, 1.807) is 11.3 Å². The number of hydrogen-bond donors (Lipinski definition) is 1. The monoisotopic (exact) mass is 282 g/mol. The second-order valence-corrected chi connectivity index (χ2v) is 6.86. The summed E-state index contributed by atoms with van der Waals surface area (Å²) >= 11 is 1.67. The lowest BCUT2D eigenvalue weighted by Crippen LogP contribution is -2.45. The lowest BCUT2D eigenvalue weighted by atomic mass is 9.74. The van der Waals surface area contributed by atoms with Gasteiger partial charge in [0.1, 0.15) is 0 Å². The molecule has 2 unspecified atom stereocenters. The largest absolute Gasteiger partial charge is 0.481 e. The van der Waals surface area contributed by atoms with Gasteiger partial charge in [-0.15, -0.1) is 11.3 Å². The van der Waals surface area contributed by atoms with E-state index >= 15 is 0 Å². The van der Waals surface area contributed by atoms with Crippen LogP contribution in [0.4, 0.5) is 0 Å². The van der Waals surface area contributed by atoms with E-state index in [0.717, 1.165) is 25.9 Å². The Bertz CT molecular complexity index is 431. The maximum absolute atomic E-state index is 11.4. The first-order valence-corrected chi connectivity index (χ1v) is 7.66. The van der Waals surface area contributed by atoms with E-state index in [-0.39, 0.29) is 5.92 Å². The smallest absolute Gasteiger partial charge is 0.309 e. The van der Waals surface area contributed by atoms with Crippen LogP contribution in [0.15, 0.2) is 11.7 Å². The van der Waals surface area contributed by atoms with Crippen LogP contribution >= 0.6 is 11.3 Å². The van der Waals surface area contributed by atoms with Gasteiger partial charge in [0.05, 0.1) is 10.9 Å². The molecule has 0 saturated carbocycles. The van der Waals surface area contributed by atoms with Crippen molar-refractivity contribution in [2.45, 2.75) is 39.7 Å². The summed E-state index contributed by atoms with van der Waals surface area (Å²) in [5, 5.41) is 9.38. The van der Waals surface area contributed by atoms with Crippen molar-refractivity contribution in [3.05, 3.63) is 16.6 Å². The molecule has 1 aromatic heterocycles. The van der Waals surface area contributed by atoms with Crippen LogP contribution in [0.3, 0.4) is 0 Å². The van der Waals surface area contributed by atoms with Crippen LogP contribution in [-0.4, -0.2) is 34.0 Å². The maximum Gasteiger partial charge on any atom is 0.309 e. The second-order valence-electron chi connectivity index (χ2n) is 5.94. The zero-order valence-corrected chi connectivity index (χ0v) is 12.6. The molecule has 2 rings (SSSR count). The Morgan fingerprint density at radius 2 is 2.37 bits per heavy atom. The third-order valence-corrected chi connectivity index (χ3v) is 5.38. The maximum atomic E-state index is 11.4. The number of piperidine rings is 1. The van der Waals surface area contributed by atoms with E-state index in [4.69, 9.17) is 0 Å². The summed E-state index contributed by atoms with van der Waals surface area (Å²) < 4.78 is 0. The summed E-state index contributed by atoms with van der Waals surface area (Å²) in [6, 6.07) is 0.333. The fraction of sp³-hybridized carbons (Fsp3) is 0.714. The molecule has 0 aromatic carbocycles. The van der Waals surface area contributed by atoms with Crippen LogP contribution in [-0.2, 0) is 4.79 Å². The number of nitrogens with zero attached hydrogens (tertiary/aromatic N) is 2. The SMILES string of the molecule is CC(c1cncs1)N1CCCC(C(C)(C)C(=O)O)C1. The topological polar surface area (TPSA) is 53.4 Å². The van der Waals surface area contributed by atoms with Crippen LogP contribution < -0.4 is 0 Å². The van der Waals surface area contributed by atoms with E-state index in [1.807, 2.05) is 25.6 Å². The molecular formula is C14H22N2O2S. The molecule has 0 bridgehead atoms. The summed E-state index contributed by atoms with van der Waals surface area (Å²) in [4.78, 5) is 19.2. The van der Waals surface area contributed by atoms with Gasteiger partial charge in [-0.3, -0.25) is 14.7 Å². The fourth-order valence-electron chi connectivity index (χ4n) is 2.73. The minimum absolute atomic E-state index is 0.217. The molecule has 1 fully saturated rings. The van der Waals surface area contributed by atoms with Crippen molar-refractivity contribution < 1.29 is 9.90 Å². The van der Waals surface area contributed by atoms with E-state index in [0.29, 0.717) is 6.04 Å². The highest BCUT2D eigenvalue weighted by atomic mass is 32.1. The quantitative estimate of drug-likeness (QED) is 0.922. The van der Waals surface area contributed by atoms with Gasteiger partial charge in [-0.1, -0.05) is 0 Å². The van der Waals surface area contributed by atoms with Crippen molar-refractivity contribution in [2.75, 3.05) is 13.1 Å². The number of carboxylic acid groups (broad SMARTS) is 1. The Labute approximate surface area is 118 Å². The van der Waals surface area contributed by atoms with Crippen LogP contribution in [0.2, 0.25) is 0 Å². The standard InChI is InChI=1S/C14H22N2O2S/c1-10(12-7-15-9-19-12)16-6-4-5-11(8-16)14(2,3)13(17)18/h7,9-11H,4-6,8H2,1-3H3,(H,17,18). The van der Waals surface area contributed by atoms with Gasteiger partial charge in [0.15, 0.2) is 0 Å². The lowest BCUT2D eigenvalue weighted by molar-refractivity contribution is -0.151. The van der Waals surface area contributed by atoms with Crippen molar-refractivity contribution in [3.63, 3.8) is 0 Å². The Hall–Kier alpha value is -0.940. The van der Waals surface area contributed by atoms with E-state index in [1.165, 1.54) is 4.88 Å². The lowest BCUT2D eigenvalue weighted by Gasteiger charge is -2.41. The zero-order valence-electron chi connectivity index (χ0n) is 11.8. The van der Waals surface area contributed by atoms with Crippen molar-refractivity contribution in [3.8, 4) is 0 Å². The molecule has 1 aromatic rings. The molecule has 2 atom stereocenters. The van der Waals surface area contributed by atoms with Gasteiger partial charge in [-0.2, -0.15) is 0 Å². The zero-order chi connectivity index (χ0) is 14.0. The van der Waals surface area contributed by atoms with Crippen LogP contribution in [0.5, 0.6) is 0 Å². The number of carboxylic acids is 1. The molecule has 2 heterocycles. The molecule has 1 aliphatic rings. The van der Waals surface area contributed by atoms with Crippen LogP contribution in [0.25, 0.3) is 0 Å². The third kappa shape index (κ3) is 2.98. The van der Waals surface area contributed by atoms with Crippen LogP contribution in [0, 0.1) is 11.3 Å². The first-order chi connectivity index (χ1) is 8.93. The molecule has 106 valence electrons. The minimum Gasteiger partial charge on any atom is -0.481 e. The Kier molecular flexibility index (Phi) is 4.26. The number of rotatable bonds is 4. The average molecular weight is 282 g/mol. The van der Waals surface area contributed by atoms with Gasteiger partial charge < -0.3 is 5.11 Å². The Morgan fingerprint density at radius 1 is 1.63 bits per heavy atom. The molecule has 0 spiro atoms. The molecule has 0 radical (unpaired) electrons. The molecular weight excluding hydrogens is 260 g/mol. The summed E-state index contributed by atoms with van der Waals surface area (Å²) in [5.41, 5.74) is 1.21. The van der Waals surface area contributed by atoms with Crippen molar-refractivity contribution in [2.24, 2.45) is 11.3 Å². The molecule has 5 heteroatoms. The van der Waals surface area contributed by atoms with Crippen molar-refractivity contribution in [1.29, 1.82) is 0 Å². The number of carbonyl (C=O) groups is 1. The molecule has 1 N–H and O–H groups in total. The van der Waals surface area contributed by atoms with Crippen molar-refractivity contribution >= 4 is 17.3 Å². The minimum atomic E-state index is -0.690. The van der Waals surface area contributed by atoms with Gasteiger partial charge in [-0.25, -0.2) is 0 Å². The predicted octanol–water partition coefficient (Wildman–Crippen LogP) is 3.03. The first kappa shape index (κ1) is 14.5. The molecule has 1 saturated heterocycles. The number of thiazole rings is 1. The van der Waals surface area contributed by atoms with Gasteiger partial charge in [0.25, 0.3) is 0 Å². The first-order valence-electron chi connectivity index (χ1n) is 6.78. The highest BCUT2D eigenvalue weighted by Gasteiger charge is 2.39. The van der Waals surface area contributed by atoms with Gasteiger partial charge in [-0.05, 0) is 46.1 Å². The van der Waals surface area contributed by atoms with Crippen LogP contribution in [0.1, 0.15) is 44.5 Å². The van der Waals surface area contributed by atoms with Crippen molar-refractivity contribution in [1.82, 2.24) is 9.88 Å². The summed E-state index contributed by atoms with van der Waals surface area (Å²) in [6.45, 7) is 7.79. The average Bonchev–Trinajstić information content (AvgIpc) is 2.91. The van der Waals surface area contributed by atoms with Gasteiger partial charge >= 0.3 is 5.97 Å². The highest BCUT2D eigenvalue weighted by Crippen LogP contribution is 2.37. The molecule has 1 aliphatic heterocycles. The Balaban J connectivity index is 2.07. The van der Waals surface area contributed by atoms with Gasteiger partial charge in [0.2, 0.25) is 0 Å². The summed E-state index contributed by atoms with van der Waals surface area (Å²) in [6.07, 6.45) is 4.00. The second kappa shape index (κ2) is 5.59. The third-order valence-electron chi connectivity index (χ3n) is 4.44. The van der Waals surface area contributed by atoms with E-state index in [2.05, 4.69) is 16.8 Å². The molecule has 0 aliphatic carbocycles. The van der Waals surface area contributed by atoms with E-state index < -0.39 is 11.4 Å².